The van der Waals surface area contributed by atoms with Crippen LogP contribution in [0.15, 0.2) is 30.5 Å². The number of carbonyl (C=O) groups excluding carboxylic acids is 1. The number of hydrogen-bond donors (Lipinski definition) is 1. The lowest BCUT2D eigenvalue weighted by Gasteiger charge is -2.40. The molecule has 2 aliphatic rings. The van der Waals surface area contributed by atoms with E-state index < -0.39 is 10.2 Å². The Kier molecular flexibility index (Phi) is 6.29. The molecule has 2 fully saturated rings. The number of rotatable bonds is 6. The number of carbonyl (C=O) groups is 1. The van der Waals surface area contributed by atoms with E-state index in [1.165, 1.54) is 6.42 Å². The summed E-state index contributed by atoms with van der Waals surface area (Å²) in [5.41, 5.74) is 1.65. The minimum atomic E-state index is -3.45. The van der Waals surface area contributed by atoms with Crippen LogP contribution in [-0.4, -0.2) is 78.0 Å². The van der Waals surface area contributed by atoms with Gasteiger partial charge in [0.05, 0.1) is 6.04 Å². The van der Waals surface area contributed by atoms with Crippen molar-refractivity contribution in [2.24, 2.45) is 0 Å². The molecule has 0 spiro atoms. The fraction of sp³-hybridized carbons (Fsp3) is 0.591. The minimum Gasteiger partial charge on any atom is -0.360 e. The van der Waals surface area contributed by atoms with Crippen molar-refractivity contribution in [1.29, 1.82) is 0 Å². The quantitative estimate of drug-likeness (QED) is 0.712. The van der Waals surface area contributed by atoms with Gasteiger partial charge in [0.1, 0.15) is 0 Å². The molecule has 1 saturated carbocycles. The van der Waals surface area contributed by atoms with E-state index in [9.17, 15) is 13.2 Å². The number of para-hydroxylation sites is 1. The lowest BCUT2D eigenvalue weighted by molar-refractivity contribution is 0.0778. The van der Waals surface area contributed by atoms with Crippen LogP contribution in [0.4, 0.5) is 0 Å². The highest BCUT2D eigenvalue weighted by Gasteiger charge is 2.36. The van der Waals surface area contributed by atoms with Crippen LogP contribution in [0.5, 0.6) is 0 Å². The molecule has 1 aliphatic carbocycles. The van der Waals surface area contributed by atoms with Crippen LogP contribution in [-0.2, 0) is 10.2 Å². The van der Waals surface area contributed by atoms with Gasteiger partial charge in [-0.2, -0.15) is 17.0 Å². The molecule has 1 saturated heterocycles. The Hall–Kier alpha value is -1.74. The fourth-order valence-electron chi connectivity index (χ4n) is 4.80. The van der Waals surface area contributed by atoms with Crippen molar-refractivity contribution in [3.63, 3.8) is 0 Å². The molecule has 8 heteroatoms. The molecule has 1 atom stereocenters. The SMILES string of the molecule is CC(C(=O)c1c[nH]c2ccccc12)N1CCN(S(=O)(=O)N(C)C2CCCCC2)CC1. The standard InChI is InChI=1S/C22H32N4O3S/c1-17(22(27)20-16-23-21-11-7-6-10-19(20)21)25-12-14-26(15-13-25)30(28,29)24(2)18-8-4-3-5-9-18/h6-7,10-11,16-18,23H,3-5,8-9,12-15H2,1-2H3. The van der Waals surface area contributed by atoms with E-state index in [1.807, 2.05) is 31.2 Å². The van der Waals surface area contributed by atoms with Gasteiger partial charge in [0.15, 0.2) is 5.78 Å². The summed E-state index contributed by atoms with van der Waals surface area (Å²) in [6.07, 6.45) is 7.09. The number of benzene rings is 1. The Morgan fingerprint density at radius 2 is 1.77 bits per heavy atom. The Balaban J connectivity index is 1.39. The maximum atomic E-state index is 13.1. The number of H-pyrrole nitrogens is 1. The lowest BCUT2D eigenvalue weighted by atomic mass is 9.96. The van der Waals surface area contributed by atoms with Crippen molar-refractivity contribution in [1.82, 2.24) is 18.5 Å². The van der Waals surface area contributed by atoms with Crippen molar-refractivity contribution < 1.29 is 13.2 Å². The van der Waals surface area contributed by atoms with E-state index in [2.05, 4.69) is 9.88 Å². The molecule has 1 N–H and O–H groups in total. The predicted octanol–water partition coefficient (Wildman–Crippen LogP) is 2.87. The number of nitrogens with one attached hydrogen (secondary N) is 1. The van der Waals surface area contributed by atoms with Crippen molar-refractivity contribution in [3.05, 3.63) is 36.0 Å². The number of aromatic nitrogens is 1. The average molecular weight is 433 g/mol. The van der Waals surface area contributed by atoms with Crippen LogP contribution in [0.2, 0.25) is 0 Å². The van der Waals surface area contributed by atoms with Gasteiger partial charge in [-0.25, -0.2) is 0 Å². The minimum absolute atomic E-state index is 0.0723. The van der Waals surface area contributed by atoms with Crippen LogP contribution in [0.25, 0.3) is 10.9 Å². The molecule has 1 aromatic carbocycles. The summed E-state index contributed by atoms with van der Waals surface area (Å²) in [4.78, 5) is 18.4. The maximum Gasteiger partial charge on any atom is 0.282 e. The smallest absolute Gasteiger partial charge is 0.282 e. The van der Waals surface area contributed by atoms with E-state index in [4.69, 9.17) is 0 Å². The first kappa shape index (κ1) is 21.5. The molecule has 0 radical (unpaired) electrons. The largest absolute Gasteiger partial charge is 0.360 e. The summed E-state index contributed by atoms with van der Waals surface area (Å²) in [7, 11) is -1.73. The first-order valence-corrected chi connectivity index (χ1v) is 12.4. The highest BCUT2D eigenvalue weighted by molar-refractivity contribution is 7.86. The molecule has 0 bridgehead atoms. The number of ketones is 1. The van der Waals surface area contributed by atoms with Gasteiger partial charge in [-0.05, 0) is 25.8 Å². The molecule has 4 rings (SSSR count). The molecule has 30 heavy (non-hydrogen) atoms. The zero-order valence-corrected chi connectivity index (χ0v) is 18.7. The fourth-order valence-corrected chi connectivity index (χ4v) is 6.38. The third kappa shape index (κ3) is 4.06. The Morgan fingerprint density at radius 3 is 2.47 bits per heavy atom. The van der Waals surface area contributed by atoms with Crippen molar-refractivity contribution in [2.75, 3.05) is 33.2 Å². The molecule has 2 aromatic rings. The van der Waals surface area contributed by atoms with Gasteiger partial charge in [0.25, 0.3) is 10.2 Å². The summed E-state index contributed by atoms with van der Waals surface area (Å²) in [5, 5.41) is 0.935. The number of Topliss-reactive ketones (excluding diaryl/α,β-unsaturated/α-hetero) is 1. The number of fused-ring (bicyclic) bond motifs is 1. The summed E-state index contributed by atoms with van der Waals surface area (Å²) in [6, 6.07) is 7.62. The van der Waals surface area contributed by atoms with Crippen LogP contribution in [0, 0.1) is 0 Å². The molecular weight excluding hydrogens is 400 g/mol. The molecule has 1 unspecified atom stereocenters. The number of nitrogens with zero attached hydrogens (tertiary/aromatic N) is 3. The van der Waals surface area contributed by atoms with Gasteiger partial charge < -0.3 is 4.98 Å². The topological polar surface area (TPSA) is 76.7 Å². The third-order valence-electron chi connectivity index (χ3n) is 6.83. The Bertz CT molecular complexity index is 989. The van der Waals surface area contributed by atoms with Gasteiger partial charge in [-0.3, -0.25) is 9.69 Å². The van der Waals surface area contributed by atoms with Gasteiger partial charge in [-0.15, -0.1) is 0 Å². The van der Waals surface area contributed by atoms with Crippen molar-refractivity contribution in [2.45, 2.75) is 51.1 Å². The molecule has 0 amide bonds. The molecular formula is C22H32N4O3S. The Morgan fingerprint density at radius 1 is 1.10 bits per heavy atom. The van der Waals surface area contributed by atoms with Gasteiger partial charge >= 0.3 is 0 Å². The summed E-state index contributed by atoms with van der Waals surface area (Å²) in [6.45, 7) is 3.89. The molecule has 1 aliphatic heterocycles. The molecule has 2 heterocycles. The second-order valence-electron chi connectivity index (χ2n) is 8.54. The molecule has 1 aromatic heterocycles. The van der Waals surface area contributed by atoms with Gasteiger partial charge in [0.2, 0.25) is 0 Å². The maximum absolute atomic E-state index is 13.1. The highest BCUT2D eigenvalue weighted by Crippen LogP contribution is 2.26. The third-order valence-corrected chi connectivity index (χ3v) is 8.88. The number of aromatic amines is 1. The monoisotopic (exact) mass is 432 g/mol. The van der Waals surface area contributed by atoms with E-state index in [0.29, 0.717) is 31.7 Å². The second kappa shape index (κ2) is 8.78. The highest BCUT2D eigenvalue weighted by atomic mass is 32.2. The average Bonchev–Trinajstić information content (AvgIpc) is 3.22. The summed E-state index contributed by atoms with van der Waals surface area (Å²) in [5.74, 6) is 0.0723. The molecule has 7 nitrogen and oxygen atoms in total. The van der Waals surface area contributed by atoms with Crippen LogP contribution in [0.1, 0.15) is 49.4 Å². The first-order valence-electron chi connectivity index (χ1n) is 11.0. The van der Waals surface area contributed by atoms with E-state index >= 15 is 0 Å². The Labute approximate surface area is 179 Å². The normalized spacial score (nSPS) is 21.3. The van der Waals surface area contributed by atoms with E-state index in [0.717, 1.165) is 36.6 Å². The van der Waals surface area contributed by atoms with Crippen LogP contribution >= 0.6 is 0 Å². The zero-order valence-electron chi connectivity index (χ0n) is 17.9. The zero-order chi connectivity index (χ0) is 21.3. The van der Waals surface area contributed by atoms with Crippen LogP contribution < -0.4 is 0 Å². The van der Waals surface area contributed by atoms with Gasteiger partial charge in [-0.1, -0.05) is 37.5 Å². The lowest BCUT2D eigenvalue weighted by Crippen LogP contribution is -2.56. The van der Waals surface area contributed by atoms with E-state index in [1.54, 1.807) is 21.9 Å². The van der Waals surface area contributed by atoms with E-state index in [-0.39, 0.29) is 17.9 Å². The first-order chi connectivity index (χ1) is 14.4. The van der Waals surface area contributed by atoms with Crippen molar-refractivity contribution in [3.8, 4) is 0 Å². The molecule has 164 valence electrons. The number of hydrogen-bond acceptors (Lipinski definition) is 4. The predicted molar refractivity (Wildman–Crippen MR) is 119 cm³/mol. The number of piperazine rings is 1. The summed E-state index contributed by atoms with van der Waals surface area (Å²) < 4.78 is 29.4. The van der Waals surface area contributed by atoms with Crippen molar-refractivity contribution >= 4 is 26.9 Å². The summed E-state index contributed by atoms with van der Waals surface area (Å²) >= 11 is 0. The second-order valence-corrected chi connectivity index (χ2v) is 10.5. The van der Waals surface area contributed by atoms with Crippen LogP contribution in [0.3, 0.4) is 0 Å². The van der Waals surface area contributed by atoms with Gasteiger partial charge in [0, 0.05) is 61.9 Å².